The number of benzene rings is 2. The average Bonchev–Trinajstić information content (AvgIpc) is 3.05. The number of ether oxygens (including phenoxy) is 1. The van der Waals surface area contributed by atoms with Crippen molar-refractivity contribution < 1.29 is 28.2 Å². The van der Waals surface area contributed by atoms with Crippen LogP contribution >= 0.6 is 11.6 Å². The monoisotopic (exact) mass is 588 g/mol. The maximum absolute atomic E-state index is 13.1. The third-order valence-corrected chi connectivity index (χ3v) is 11.0. The number of nitrogens with zero attached hydrogens (tertiary/aromatic N) is 1. The highest BCUT2D eigenvalue weighted by molar-refractivity contribution is 7.90. The first-order valence-electron chi connectivity index (χ1n) is 14.3. The van der Waals surface area contributed by atoms with Gasteiger partial charge < -0.3 is 19.8 Å². The number of carbonyl (C=O) groups is 1. The number of hydrogen-bond acceptors (Lipinski definition) is 7. The molecule has 2 aromatic rings. The number of anilines is 1. The van der Waals surface area contributed by atoms with Crippen LogP contribution in [0.2, 0.25) is 5.02 Å². The van der Waals surface area contributed by atoms with Crippen LogP contribution in [0.1, 0.15) is 66.4 Å². The molecule has 2 aromatic carbocycles. The molecule has 1 saturated carbocycles. The van der Waals surface area contributed by atoms with Gasteiger partial charge in [0.1, 0.15) is 5.75 Å². The molecule has 0 aromatic heterocycles. The van der Waals surface area contributed by atoms with Gasteiger partial charge in [-0.2, -0.15) is 0 Å². The summed E-state index contributed by atoms with van der Waals surface area (Å²) in [6, 6.07) is 11.2. The molecule has 216 valence electrons. The van der Waals surface area contributed by atoms with Crippen molar-refractivity contribution in [3.8, 4) is 5.75 Å². The van der Waals surface area contributed by atoms with Gasteiger partial charge in [-0.3, -0.25) is 4.79 Å². The predicted molar refractivity (Wildman–Crippen MR) is 154 cm³/mol. The first kappa shape index (κ1) is 27.8. The molecule has 4 aliphatic rings. The van der Waals surface area contributed by atoms with Gasteiger partial charge in [0.25, 0.3) is 5.91 Å². The molecule has 2 aliphatic heterocycles. The normalized spacial score (nSPS) is 32.1. The highest BCUT2D eigenvalue weighted by atomic mass is 35.5. The van der Waals surface area contributed by atoms with E-state index in [1.54, 1.807) is 18.2 Å². The van der Waals surface area contributed by atoms with E-state index in [1.165, 1.54) is 11.1 Å². The van der Waals surface area contributed by atoms with Crippen LogP contribution in [0.4, 0.5) is 5.69 Å². The molecule has 6 rings (SSSR count). The number of fused-ring (bicyclic) bond motifs is 4. The largest absolute Gasteiger partial charge is 0.490 e. The summed E-state index contributed by atoms with van der Waals surface area (Å²) in [5.74, 6) is -0.0322. The van der Waals surface area contributed by atoms with E-state index in [0.29, 0.717) is 38.3 Å². The second-order valence-electron chi connectivity index (χ2n) is 12.1. The van der Waals surface area contributed by atoms with Gasteiger partial charge >= 0.3 is 0 Å². The molecule has 2 heterocycles. The fourth-order valence-electron chi connectivity index (χ4n) is 7.13. The third-order valence-electron chi connectivity index (χ3n) is 9.49. The van der Waals surface area contributed by atoms with Gasteiger partial charge in [0.2, 0.25) is 10.0 Å². The number of hydrogen-bond donors (Lipinski definition) is 3. The Hall–Kier alpha value is -2.33. The summed E-state index contributed by atoms with van der Waals surface area (Å²) in [4.78, 5) is 15.4. The Morgan fingerprint density at radius 3 is 2.70 bits per heavy atom. The minimum atomic E-state index is -3.94. The smallest absolute Gasteiger partial charge is 0.264 e. The van der Waals surface area contributed by atoms with E-state index in [0.717, 1.165) is 42.8 Å². The SMILES string of the molecule is O=C1NS(=O)(=O)CC[C@H](O)CC[C@H](O)[C@@H]2CC[C@H]2CN2C[C@@]3(CCCc4cc(Cl)ccc43)COc3ccc1cc32. The van der Waals surface area contributed by atoms with Gasteiger partial charge in [0, 0.05) is 29.1 Å². The summed E-state index contributed by atoms with van der Waals surface area (Å²) in [6.07, 6.45) is 4.16. The first-order valence-corrected chi connectivity index (χ1v) is 16.4. The maximum Gasteiger partial charge on any atom is 0.264 e. The molecule has 3 N–H and O–H groups in total. The number of rotatable bonds is 0. The Labute approximate surface area is 240 Å². The van der Waals surface area contributed by atoms with Crippen molar-refractivity contribution >= 4 is 33.2 Å². The first-order chi connectivity index (χ1) is 19.1. The quantitative estimate of drug-likeness (QED) is 0.429. The molecule has 2 bridgehead atoms. The van der Waals surface area contributed by atoms with Crippen LogP contribution in [0.5, 0.6) is 5.75 Å². The molecule has 0 saturated heterocycles. The zero-order valence-corrected chi connectivity index (χ0v) is 24.1. The van der Waals surface area contributed by atoms with Crippen molar-refractivity contribution in [3.05, 3.63) is 58.1 Å². The number of aliphatic hydroxyl groups is 2. The lowest BCUT2D eigenvalue weighted by Crippen LogP contribution is -2.49. The van der Waals surface area contributed by atoms with Crippen LogP contribution in [-0.2, 0) is 21.9 Å². The van der Waals surface area contributed by atoms with Gasteiger partial charge in [0.05, 0.1) is 30.3 Å². The fourth-order valence-corrected chi connectivity index (χ4v) is 8.41. The molecule has 1 fully saturated rings. The van der Waals surface area contributed by atoms with E-state index >= 15 is 0 Å². The molecule has 5 atom stereocenters. The Bertz CT molecular complexity index is 1400. The fraction of sp³-hybridized carbons (Fsp3) is 0.567. The van der Waals surface area contributed by atoms with Gasteiger partial charge in [-0.1, -0.05) is 17.7 Å². The van der Waals surface area contributed by atoms with Crippen molar-refractivity contribution in [2.24, 2.45) is 11.8 Å². The lowest BCUT2D eigenvalue weighted by molar-refractivity contribution is 0.00133. The molecule has 40 heavy (non-hydrogen) atoms. The van der Waals surface area contributed by atoms with Crippen molar-refractivity contribution in [1.82, 2.24) is 4.72 Å². The zero-order chi connectivity index (χ0) is 28.1. The number of nitrogens with one attached hydrogen (secondary N) is 1. The third kappa shape index (κ3) is 5.45. The number of halogens is 1. The van der Waals surface area contributed by atoms with Crippen LogP contribution in [0.3, 0.4) is 0 Å². The van der Waals surface area contributed by atoms with Crippen LogP contribution < -0.4 is 14.4 Å². The van der Waals surface area contributed by atoms with E-state index in [-0.39, 0.29) is 35.0 Å². The van der Waals surface area contributed by atoms with Gasteiger partial charge in [-0.25, -0.2) is 13.1 Å². The summed E-state index contributed by atoms with van der Waals surface area (Å²) >= 11 is 6.36. The van der Waals surface area contributed by atoms with E-state index in [2.05, 4.69) is 21.8 Å². The summed E-state index contributed by atoms with van der Waals surface area (Å²) in [6.45, 7) is 1.85. The van der Waals surface area contributed by atoms with E-state index in [9.17, 15) is 23.4 Å². The Balaban J connectivity index is 1.40. The van der Waals surface area contributed by atoms with Crippen LogP contribution in [-0.4, -0.2) is 62.2 Å². The summed E-state index contributed by atoms with van der Waals surface area (Å²) in [7, 11) is -3.94. The van der Waals surface area contributed by atoms with Crippen molar-refractivity contribution in [2.75, 3.05) is 30.3 Å². The Morgan fingerprint density at radius 1 is 1.05 bits per heavy atom. The number of aryl methyl sites for hydroxylation is 1. The van der Waals surface area contributed by atoms with E-state index in [4.69, 9.17) is 16.3 Å². The lowest BCUT2D eigenvalue weighted by atomic mass is 9.68. The molecular formula is C30H37ClN2O6S. The molecule has 1 spiro atoms. The van der Waals surface area contributed by atoms with Gasteiger partial charge in [0.15, 0.2) is 0 Å². The highest BCUT2D eigenvalue weighted by Gasteiger charge is 2.44. The Kier molecular flexibility index (Phi) is 7.52. The number of aliphatic hydroxyl groups excluding tert-OH is 2. The molecule has 1 amide bonds. The van der Waals surface area contributed by atoms with Crippen molar-refractivity contribution in [2.45, 2.75) is 69.0 Å². The second-order valence-corrected chi connectivity index (χ2v) is 14.4. The minimum absolute atomic E-state index is 0.00397. The van der Waals surface area contributed by atoms with Crippen LogP contribution in [0.15, 0.2) is 36.4 Å². The zero-order valence-electron chi connectivity index (χ0n) is 22.5. The second kappa shape index (κ2) is 10.8. The maximum atomic E-state index is 13.1. The average molecular weight is 589 g/mol. The summed E-state index contributed by atoms with van der Waals surface area (Å²) < 4.78 is 33.9. The number of amides is 1. The topological polar surface area (TPSA) is 116 Å². The molecule has 2 aliphatic carbocycles. The molecule has 10 heteroatoms. The van der Waals surface area contributed by atoms with Gasteiger partial charge in [-0.05, 0) is 105 Å². The minimum Gasteiger partial charge on any atom is -0.490 e. The number of sulfonamides is 1. The highest BCUT2D eigenvalue weighted by Crippen LogP contribution is 2.47. The van der Waals surface area contributed by atoms with E-state index in [1.807, 2.05) is 6.07 Å². The van der Waals surface area contributed by atoms with Crippen LogP contribution in [0, 0.1) is 11.8 Å². The summed E-state index contributed by atoms with van der Waals surface area (Å²) in [5, 5.41) is 22.2. The standard InChI is InChI=1S/C30H37ClN2O6S/c31-22-5-8-25-19(14-22)2-1-12-30(25)17-33-16-21-3-7-24(21)27(35)9-6-23(34)11-13-40(37,38)32-29(36)20-4-10-28(39-18-30)26(33)15-20/h4-5,8,10,14-15,21,23-24,27,34-35H,1-3,6-7,9,11-13,16-18H2,(H,32,36)/t21-,23+,24+,27-,30-/m0/s1. The molecule has 8 nitrogen and oxygen atoms in total. The van der Waals surface area contributed by atoms with Crippen molar-refractivity contribution in [3.63, 3.8) is 0 Å². The van der Waals surface area contributed by atoms with E-state index < -0.39 is 28.1 Å². The molecule has 0 radical (unpaired) electrons. The van der Waals surface area contributed by atoms with Crippen molar-refractivity contribution in [1.29, 1.82) is 0 Å². The number of carbonyl (C=O) groups excluding carboxylic acids is 1. The molecular weight excluding hydrogens is 552 g/mol. The van der Waals surface area contributed by atoms with Gasteiger partial charge in [-0.15, -0.1) is 0 Å². The Morgan fingerprint density at radius 2 is 1.90 bits per heavy atom. The van der Waals surface area contributed by atoms with Crippen LogP contribution in [0.25, 0.3) is 0 Å². The predicted octanol–water partition coefficient (Wildman–Crippen LogP) is 3.80. The lowest BCUT2D eigenvalue weighted by Gasteiger charge is -2.46. The summed E-state index contributed by atoms with van der Waals surface area (Å²) in [5.41, 5.74) is 3.21. The molecule has 0 unspecified atom stereocenters.